The molecule has 0 saturated heterocycles. The number of nitrogens with one attached hydrogen (secondary N) is 2. The van der Waals surface area contributed by atoms with E-state index in [4.69, 9.17) is 5.73 Å². The van der Waals surface area contributed by atoms with Crippen molar-refractivity contribution in [3.05, 3.63) is 35.4 Å². The zero-order chi connectivity index (χ0) is 13.9. The summed E-state index contributed by atoms with van der Waals surface area (Å²) in [6, 6.07) is 8.85. The summed E-state index contributed by atoms with van der Waals surface area (Å²) in [6.07, 6.45) is 4.05. The summed E-state index contributed by atoms with van der Waals surface area (Å²) in [5.74, 6) is 0.0978. The molecule has 1 unspecified atom stereocenters. The second kappa shape index (κ2) is 5.94. The standard InChI is InChI=1S/C16H23N3O/c17-12-5-7-13(8-6-12)19-16(20)15-10-18-9-11-3-1-2-4-14(11)15/h1-4,12-13,15,18H,5-10,17H2,(H,19,20). The Kier molecular flexibility index (Phi) is 4.03. The number of rotatable bonds is 2. The van der Waals surface area contributed by atoms with Gasteiger partial charge in [-0.3, -0.25) is 4.79 Å². The molecular weight excluding hydrogens is 250 g/mol. The molecule has 108 valence electrons. The lowest BCUT2D eigenvalue weighted by Crippen LogP contribution is -2.45. The number of amides is 1. The van der Waals surface area contributed by atoms with Crippen LogP contribution in [-0.2, 0) is 11.3 Å². The predicted octanol–water partition coefficient (Wildman–Crippen LogP) is 1.26. The minimum absolute atomic E-state index is 0.0597. The van der Waals surface area contributed by atoms with Crippen LogP contribution in [0.15, 0.2) is 24.3 Å². The normalized spacial score (nSPS) is 29.6. The fourth-order valence-corrected chi connectivity index (χ4v) is 3.30. The molecule has 0 radical (unpaired) electrons. The van der Waals surface area contributed by atoms with Crippen LogP contribution in [0.5, 0.6) is 0 Å². The van der Waals surface area contributed by atoms with Gasteiger partial charge in [-0.15, -0.1) is 0 Å². The van der Waals surface area contributed by atoms with Crippen LogP contribution in [0.2, 0.25) is 0 Å². The summed E-state index contributed by atoms with van der Waals surface area (Å²) >= 11 is 0. The van der Waals surface area contributed by atoms with Crippen LogP contribution in [0, 0.1) is 0 Å². The van der Waals surface area contributed by atoms with Gasteiger partial charge >= 0.3 is 0 Å². The van der Waals surface area contributed by atoms with E-state index in [9.17, 15) is 4.79 Å². The fourth-order valence-electron chi connectivity index (χ4n) is 3.30. The molecule has 1 saturated carbocycles. The topological polar surface area (TPSA) is 67.1 Å². The van der Waals surface area contributed by atoms with Gasteiger partial charge in [-0.1, -0.05) is 24.3 Å². The van der Waals surface area contributed by atoms with E-state index in [0.29, 0.717) is 12.1 Å². The van der Waals surface area contributed by atoms with Gasteiger partial charge in [-0.05, 0) is 36.8 Å². The molecule has 1 aromatic carbocycles. The van der Waals surface area contributed by atoms with Crippen LogP contribution >= 0.6 is 0 Å². The zero-order valence-corrected chi connectivity index (χ0v) is 11.8. The Morgan fingerprint density at radius 2 is 1.95 bits per heavy atom. The van der Waals surface area contributed by atoms with Gasteiger partial charge in [0.05, 0.1) is 5.92 Å². The van der Waals surface area contributed by atoms with Gasteiger partial charge in [-0.2, -0.15) is 0 Å². The van der Waals surface area contributed by atoms with Crippen molar-refractivity contribution in [3.63, 3.8) is 0 Å². The maximum atomic E-state index is 12.5. The van der Waals surface area contributed by atoms with Gasteiger partial charge in [0.25, 0.3) is 0 Å². The van der Waals surface area contributed by atoms with E-state index < -0.39 is 0 Å². The largest absolute Gasteiger partial charge is 0.353 e. The van der Waals surface area contributed by atoms with Gasteiger partial charge in [0.1, 0.15) is 0 Å². The Morgan fingerprint density at radius 3 is 2.75 bits per heavy atom. The smallest absolute Gasteiger partial charge is 0.229 e. The van der Waals surface area contributed by atoms with E-state index in [-0.39, 0.29) is 11.8 Å². The third-order valence-electron chi connectivity index (χ3n) is 4.53. The number of carbonyl (C=O) groups excluding carboxylic acids is 1. The lowest BCUT2D eigenvalue weighted by molar-refractivity contribution is -0.123. The summed E-state index contributed by atoms with van der Waals surface area (Å²) in [4.78, 5) is 12.5. The highest BCUT2D eigenvalue weighted by molar-refractivity contribution is 5.85. The van der Waals surface area contributed by atoms with Gasteiger partial charge in [0, 0.05) is 25.2 Å². The average Bonchev–Trinajstić information content (AvgIpc) is 2.49. The van der Waals surface area contributed by atoms with Crippen molar-refractivity contribution in [1.29, 1.82) is 0 Å². The van der Waals surface area contributed by atoms with Gasteiger partial charge in [-0.25, -0.2) is 0 Å². The molecule has 3 rings (SSSR count). The van der Waals surface area contributed by atoms with E-state index in [1.54, 1.807) is 0 Å². The highest BCUT2D eigenvalue weighted by Crippen LogP contribution is 2.25. The molecule has 4 N–H and O–H groups in total. The molecule has 4 nitrogen and oxygen atoms in total. The third kappa shape index (κ3) is 2.86. The van der Waals surface area contributed by atoms with Crippen molar-refractivity contribution in [1.82, 2.24) is 10.6 Å². The van der Waals surface area contributed by atoms with Crippen LogP contribution in [-0.4, -0.2) is 24.5 Å². The first kappa shape index (κ1) is 13.6. The lowest BCUT2D eigenvalue weighted by atomic mass is 9.88. The Balaban J connectivity index is 1.66. The minimum Gasteiger partial charge on any atom is -0.353 e. The quantitative estimate of drug-likeness (QED) is 0.760. The summed E-state index contributed by atoms with van der Waals surface area (Å²) < 4.78 is 0. The molecule has 0 spiro atoms. The summed E-state index contributed by atoms with van der Waals surface area (Å²) in [6.45, 7) is 1.59. The van der Waals surface area contributed by atoms with Crippen LogP contribution in [0.3, 0.4) is 0 Å². The summed E-state index contributed by atoms with van der Waals surface area (Å²) in [5, 5.41) is 6.55. The molecule has 1 aromatic rings. The summed E-state index contributed by atoms with van der Waals surface area (Å²) in [7, 11) is 0. The Hall–Kier alpha value is -1.39. The minimum atomic E-state index is -0.0597. The molecular formula is C16H23N3O. The van der Waals surface area contributed by atoms with Crippen molar-refractivity contribution in [2.45, 2.75) is 50.2 Å². The van der Waals surface area contributed by atoms with Crippen LogP contribution < -0.4 is 16.4 Å². The Morgan fingerprint density at radius 1 is 1.20 bits per heavy atom. The monoisotopic (exact) mass is 273 g/mol. The van der Waals surface area contributed by atoms with Crippen molar-refractivity contribution in [2.24, 2.45) is 5.73 Å². The number of hydrogen-bond acceptors (Lipinski definition) is 3. The van der Waals surface area contributed by atoms with Crippen molar-refractivity contribution < 1.29 is 4.79 Å². The number of nitrogens with two attached hydrogens (primary N) is 1. The van der Waals surface area contributed by atoms with Crippen molar-refractivity contribution in [2.75, 3.05) is 6.54 Å². The fraction of sp³-hybridized carbons (Fsp3) is 0.562. The van der Waals surface area contributed by atoms with E-state index in [1.807, 2.05) is 12.1 Å². The number of carbonyl (C=O) groups is 1. The van der Waals surface area contributed by atoms with E-state index in [0.717, 1.165) is 38.8 Å². The highest BCUT2D eigenvalue weighted by atomic mass is 16.2. The second-order valence-corrected chi connectivity index (χ2v) is 6.00. The molecule has 1 aliphatic carbocycles. The maximum absolute atomic E-state index is 12.5. The summed E-state index contributed by atoms with van der Waals surface area (Å²) in [5.41, 5.74) is 8.33. The molecule has 1 amide bonds. The van der Waals surface area contributed by atoms with E-state index in [2.05, 4.69) is 22.8 Å². The first-order valence-corrected chi connectivity index (χ1v) is 7.58. The molecule has 1 atom stereocenters. The first-order valence-electron chi connectivity index (χ1n) is 7.58. The predicted molar refractivity (Wildman–Crippen MR) is 79.3 cm³/mol. The molecule has 0 bridgehead atoms. The zero-order valence-electron chi connectivity index (χ0n) is 11.8. The average molecular weight is 273 g/mol. The maximum Gasteiger partial charge on any atom is 0.229 e. The SMILES string of the molecule is NC1CCC(NC(=O)C2CNCc3ccccc32)CC1. The Labute approximate surface area is 120 Å². The van der Waals surface area contributed by atoms with Gasteiger partial charge in [0.15, 0.2) is 0 Å². The molecule has 1 fully saturated rings. The number of fused-ring (bicyclic) bond motifs is 1. The van der Waals surface area contributed by atoms with E-state index >= 15 is 0 Å². The highest BCUT2D eigenvalue weighted by Gasteiger charge is 2.28. The molecule has 1 heterocycles. The Bertz CT molecular complexity index is 480. The lowest BCUT2D eigenvalue weighted by Gasteiger charge is -2.30. The third-order valence-corrected chi connectivity index (χ3v) is 4.53. The molecule has 2 aliphatic rings. The van der Waals surface area contributed by atoms with Crippen LogP contribution in [0.1, 0.15) is 42.7 Å². The van der Waals surface area contributed by atoms with Crippen LogP contribution in [0.25, 0.3) is 0 Å². The van der Waals surface area contributed by atoms with Crippen molar-refractivity contribution >= 4 is 5.91 Å². The number of hydrogen-bond donors (Lipinski definition) is 3. The second-order valence-electron chi connectivity index (χ2n) is 6.00. The van der Waals surface area contributed by atoms with Crippen molar-refractivity contribution in [3.8, 4) is 0 Å². The van der Waals surface area contributed by atoms with Gasteiger partial charge in [0.2, 0.25) is 5.91 Å². The molecule has 0 aromatic heterocycles. The van der Waals surface area contributed by atoms with E-state index in [1.165, 1.54) is 11.1 Å². The molecule has 1 aliphatic heterocycles. The number of benzene rings is 1. The molecule has 4 heteroatoms. The first-order chi connectivity index (χ1) is 9.74. The van der Waals surface area contributed by atoms with Gasteiger partial charge < -0.3 is 16.4 Å². The van der Waals surface area contributed by atoms with Crippen LogP contribution in [0.4, 0.5) is 0 Å². The molecule has 20 heavy (non-hydrogen) atoms.